The highest BCUT2D eigenvalue weighted by atomic mass is 16.6. The molecule has 1 aliphatic carbocycles. The normalized spacial score (nSPS) is 16.5. The van der Waals surface area contributed by atoms with Gasteiger partial charge in [-0.25, -0.2) is 9.97 Å². The molecule has 32 heavy (non-hydrogen) atoms. The first-order valence-corrected chi connectivity index (χ1v) is 11.5. The second-order valence-corrected chi connectivity index (χ2v) is 9.03. The Kier molecular flexibility index (Phi) is 6.39. The van der Waals surface area contributed by atoms with Crippen LogP contribution in [0.4, 0.5) is 11.5 Å². The highest BCUT2D eigenvalue weighted by Gasteiger charge is 2.35. The summed E-state index contributed by atoms with van der Waals surface area (Å²) < 4.78 is 0. The highest BCUT2D eigenvalue weighted by molar-refractivity contribution is 5.81. The average molecular weight is 438 g/mol. The number of anilines is 1. The number of aromatic nitrogens is 2. The summed E-state index contributed by atoms with van der Waals surface area (Å²) in [5.74, 6) is 2.54. The number of rotatable bonds is 7. The molecular formula is C24H31N5O3. The molecule has 0 unspecified atom stereocenters. The molecule has 8 nitrogen and oxygen atoms in total. The summed E-state index contributed by atoms with van der Waals surface area (Å²) in [5.41, 5.74) is 3.18. The maximum absolute atomic E-state index is 12.5. The van der Waals surface area contributed by atoms with Gasteiger partial charge in [0.1, 0.15) is 11.6 Å². The van der Waals surface area contributed by atoms with Crippen LogP contribution in [-0.4, -0.2) is 51.9 Å². The molecule has 1 aromatic carbocycles. The monoisotopic (exact) mass is 437 g/mol. The summed E-state index contributed by atoms with van der Waals surface area (Å²) in [7, 11) is 0. The Morgan fingerprint density at radius 2 is 1.78 bits per heavy atom. The molecule has 4 rings (SSSR count). The van der Waals surface area contributed by atoms with Crippen LogP contribution in [0.25, 0.3) is 0 Å². The van der Waals surface area contributed by atoms with Gasteiger partial charge in [0.2, 0.25) is 5.91 Å². The lowest BCUT2D eigenvalue weighted by Crippen LogP contribution is -2.49. The number of nitro benzene ring substituents is 1. The van der Waals surface area contributed by atoms with E-state index in [1.807, 2.05) is 17.0 Å². The lowest BCUT2D eigenvalue weighted by atomic mass is 10.0. The van der Waals surface area contributed by atoms with Gasteiger partial charge in [-0.3, -0.25) is 14.9 Å². The first-order valence-electron chi connectivity index (χ1n) is 11.5. The van der Waals surface area contributed by atoms with Crippen LogP contribution in [0.15, 0.2) is 24.3 Å². The molecule has 0 N–H and O–H groups in total. The van der Waals surface area contributed by atoms with Gasteiger partial charge in [0, 0.05) is 67.8 Å². The lowest BCUT2D eigenvalue weighted by Gasteiger charge is -2.37. The van der Waals surface area contributed by atoms with Crippen LogP contribution in [0.2, 0.25) is 0 Å². The van der Waals surface area contributed by atoms with E-state index in [9.17, 15) is 14.9 Å². The number of non-ortho nitro benzene ring substituents is 1. The smallest absolute Gasteiger partial charge is 0.269 e. The minimum absolute atomic E-state index is 0.0903. The maximum atomic E-state index is 12.5. The van der Waals surface area contributed by atoms with Crippen LogP contribution in [0.5, 0.6) is 0 Å². The third kappa shape index (κ3) is 4.74. The number of piperazine rings is 1. The summed E-state index contributed by atoms with van der Waals surface area (Å²) >= 11 is 0. The first-order chi connectivity index (χ1) is 15.4. The molecule has 1 saturated heterocycles. The van der Waals surface area contributed by atoms with E-state index in [1.165, 1.54) is 0 Å². The number of hydrogen-bond acceptors (Lipinski definition) is 6. The molecule has 1 aliphatic heterocycles. The number of amides is 1. The van der Waals surface area contributed by atoms with Gasteiger partial charge in [-0.2, -0.15) is 0 Å². The Morgan fingerprint density at radius 1 is 1.12 bits per heavy atom. The maximum Gasteiger partial charge on any atom is 0.269 e. The lowest BCUT2D eigenvalue weighted by molar-refractivity contribution is -0.384. The molecule has 1 amide bonds. The van der Waals surface area contributed by atoms with Gasteiger partial charge in [-0.1, -0.05) is 32.9 Å². The van der Waals surface area contributed by atoms with Crippen molar-refractivity contribution in [2.24, 2.45) is 5.92 Å². The Balaban J connectivity index is 1.62. The Bertz CT molecular complexity index is 993. The van der Waals surface area contributed by atoms with Crippen molar-refractivity contribution in [1.29, 1.82) is 0 Å². The molecule has 8 heteroatoms. The third-order valence-corrected chi connectivity index (χ3v) is 6.29. The van der Waals surface area contributed by atoms with Gasteiger partial charge in [0.15, 0.2) is 0 Å². The fourth-order valence-corrected chi connectivity index (χ4v) is 4.20. The summed E-state index contributed by atoms with van der Waals surface area (Å²) in [6.45, 7) is 9.24. The molecule has 2 aromatic rings. The van der Waals surface area contributed by atoms with Crippen LogP contribution >= 0.6 is 0 Å². The number of benzene rings is 1. The number of carbonyl (C=O) groups excluding carboxylic acids is 1. The summed E-state index contributed by atoms with van der Waals surface area (Å²) in [6.07, 6.45) is 3.47. The van der Waals surface area contributed by atoms with Crippen molar-refractivity contribution in [1.82, 2.24) is 14.9 Å². The van der Waals surface area contributed by atoms with Gasteiger partial charge in [0.05, 0.1) is 4.92 Å². The van der Waals surface area contributed by atoms with Crippen molar-refractivity contribution in [3.63, 3.8) is 0 Å². The number of nitro groups is 1. The number of aryl methyl sites for hydroxylation is 1. The predicted molar refractivity (Wildman–Crippen MR) is 123 cm³/mol. The van der Waals surface area contributed by atoms with Gasteiger partial charge in [-0.15, -0.1) is 0 Å². The molecule has 1 saturated carbocycles. The average Bonchev–Trinajstić information content (AvgIpc) is 3.64. The molecule has 2 heterocycles. The molecule has 0 spiro atoms. The SMILES string of the molecule is CCc1nc(C(C)C)nc(N2CCN(C(=O)C3CC3)CC2)c1Cc1ccc([N+](=O)[O-])cc1. The van der Waals surface area contributed by atoms with Gasteiger partial charge in [-0.05, 0) is 24.8 Å². The Morgan fingerprint density at radius 3 is 2.31 bits per heavy atom. The highest BCUT2D eigenvalue weighted by Crippen LogP contribution is 2.32. The van der Waals surface area contributed by atoms with Crippen molar-refractivity contribution in [2.45, 2.75) is 52.4 Å². The van der Waals surface area contributed by atoms with Crippen molar-refractivity contribution in [3.8, 4) is 0 Å². The van der Waals surface area contributed by atoms with Gasteiger partial charge < -0.3 is 9.80 Å². The fraction of sp³-hybridized carbons (Fsp3) is 0.542. The molecule has 2 aliphatic rings. The summed E-state index contributed by atoms with van der Waals surface area (Å²) in [4.78, 5) is 37.2. The second-order valence-electron chi connectivity index (χ2n) is 9.03. The predicted octanol–water partition coefficient (Wildman–Crippen LogP) is 3.72. The zero-order valence-corrected chi connectivity index (χ0v) is 19.1. The van der Waals surface area contributed by atoms with Crippen molar-refractivity contribution in [3.05, 3.63) is 57.0 Å². The Labute approximate surface area is 188 Å². The molecular weight excluding hydrogens is 406 g/mol. The molecule has 0 bridgehead atoms. The first kappa shape index (κ1) is 22.2. The van der Waals surface area contributed by atoms with Crippen LogP contribution < -0.4 is 4.90 Å². The van der Waals surface area contributed by atoms with Crippen LogP contribution in [0, 0.1) is 16.0 Å². The van der Waals surface area contributed by atoms with Gasteiger partial charge >= 0.3 is 0 Å². The minimum Gasteiger partial charge on any atom is -0.353 e. The van der Waals surface area contributed by atoms with Crippen LogP contribution in [0.3, 0.4) is 0 Å². The molecule has 2 fully saturated rings. The molecule has 0 atom stereocenters. The van der Waals surface area contributed by atoms with E-state index in [-0.39, 0.29) is 22.4 Å². The third-order valence-electron chi connectivity index (χ3n) is 6.29. The second kappa shape index (κ2) is 9.22. The minimum atomic E-state index is -0.379. The van der Waals surface area contributed by atoms with Crippen molar-refractivity contribution >= 4 is 17.4 Å². The summed E-state index contributed by atoms with van der Waals surface area (Å²) in [6, 6.07) is 6.71. The standard InChI is InChI=1S/C24H31N5O3/c1-4-21-20(15-17-5-9-19(10-6-17)29(31)32)23(26-22(25-21)16(2)3)27-11-13-28(14-12-27)24(30)18-7-8-18/h5-6,9-10,16,18H,4,7-8,11-15H2,1-3H3. The van der Waals surface area contributed by atoms with Crippen LogP contribution in [0.1, 0.15) is 62.2 Å². The number of nitrogens with zero attached hydrogens (tertiary/aromatic N) is 5. The van der Waals surface area contributed by atoms with E-state index >= 15 is 0 Å². The fourth-order valence-electron chi connectivity index (χ4n) is 4.20. The topological polar surface area (TPSA) is 92.5 Å². The van der Waals surface area contributed by atoms with E-state index < -0.39 is 0 Å². The van der Waals surface area contributed by atoms with E-state index in [0.717, 1.165) is 73.9 Å². The Hall–Kier alpha value is -3.03. The quantitative estimate of drug-likeness (QED) is 0.484. The zero-order chi connectivity index (χ0) is 22.8. The number of hydrogen-bond donors (Lipinski definition) is 0. The van der Waals surface area contributed by atoms with Crippen molar-refractivity contribution in [2.75, 3.05) is 31.1 Å². The summed E-state index contributed by atoms with van der Waals surface area (Å²) in [5, 5.41) is 11.0. The zero-order valence-electron chi connectivity index (χ0n) is 19.1. The van der Waals surface area contributed by atoms with Gasteiger partial charge in [0.25, 0.3) is 5.69 Å². The van der Waals surface area contributed by atoms with Crippen molar-refractivity contribution < 1.29 is 9.72 Å². The molecule has 170 valence electrons. The molecule has 1 aromatic heterocycles. The van der Waals surface area contributed by atoms with Crippen LogP contribution in [-0.2, 0) is 17.6 Å². The molecule has 0 radical (unpaired) electrons. The number of carbonyl (C=O) groups is 1. The van der Waals surface area contributed by atoms with E-state index in [4.69, 9.17) is 9.97 Å². The van der Waals surface area contributed by atoms with E-state index in [1.54, 1.807) is 12.1 Å². The van der Waals surface area contributed by atoms with E-state index in [2.05, 4.69) is 25.7 Å². The largest absolute Gasteiger partial charge is 0.353 e. The van der Waals surface area contributed by atoms with E-state index in [0.29, 0.717) is 12.3 Å².